The standard InChI is InChI=1S/C17H14F4N6/c1-2-27-15(18)12(10-23-27)9-22-26-16-24-13(11-6-4-3-5-7-11)8-14(25-16)17(19,20)21/h3-10H,2H2,1H3,(H,24,25,26). The molecule has 27 heavy (non-hydrogen) atoms. The first-order chi connectivity index (χ1) is 12.9. The van der Waals surface area contributed by atoms with Gasteiger partial charge < -0.3 is 0 Å². The van der Waals surface area contributed by atoms with Crippen molar-refractivity contribution in [2.45, 2.75) is 19.6 Å². The highest BCUT2D eigenvalue weighted by atomic mass is 19.4. The second kappa shape index (κ2) is 7.52. The minimum absolute atomic E-state index is 0.0830. The van der Waals surface area contributed by atoms with Crippen molar-refractivity contribution in [3.63, 3.8) is 0 Å². The van der Waals surface area contributed by atoms with Gasteiger partial charge in [0.05, 0.1) is 23.7 Å². The lowest BCUT2D eigenvalue weighted by atomic mass is 10.1. The molecule has 0 spiro atoms. The van der Waals surface area contributed by atoms with Gasteiger partial charge in [0.1, 0.15) is 0 Å². The van der Waals surface area contributed by atoms with Gasteiger partial charge in [0, 0.05) is 12.1 Å². The maximum Gasteiger partial charge on any atom is 0.433 e. The van der Waals surface area contributed by atoms with Crippen LogP contribution in [0.4, 0.5) is 23.5 Å². The van der Waals surface area contributed by atoms with Gasteiger partial charge in [-0.15, -0.1) is 0 Å². The fraction of sp³-hybridized carbons (Fsp3) is 0.176. The van der Waals surface area contributed by atoms with Crippen molar-refractivity contribution in [1.82, 2.24) is 19.7 Å². The zero-order chi connectivity index (χ0) is 19.4. The van der Waals surface area contributed by atoms with Gasteiger partial charge in [0.15, 0.2) is 5.69 Å². The van der Waals surface area contributed by atoms with E-state index in [0.717, 1.165) is 17.0 Å². The third-order valence-electron chi connectivity index (χ3n) is 3.55. The smallest absolute Gasteiger partial charge is 0.245 e. The number of nitrogens with zero attached hydrogens (tertiary/aromatic N) is 5. The fourth-order valence-corrected chi connectivity index (χ4v) is 2.25. The van der Waals surface area contributed by atoms with Crippen LogP contribution in [0, 0.1) is 5.95 Å². The Balaban J connectivity index is 1.90. The molecule has 0 fully saturated rings. The van der Waals surface area contributed by atoms with E-state index in [1.54, 1.807) is 37.3 Å². The van der Waals surface area contributed by atoms with E-state index in [2.05, 4.69) is 25.6 Å². The van der Waals surface area contributed by atoms with Crippen molar-refractivity contribution in [2.24, 2.45) is 5.10 Å². The van der Waals surface area contributed by atoms with Gasteiger partial charge in [-0.3, -0.25) is 0 Å². The predicted octanol–water partition coefficient (Wildman–Crippen LogP) is 3.96. The summed E-state index contributed by atoms with van der Waals surface area (Å²) >= 11 is 0. The molecule has 0 aliphatic heterocycles. The van der Waals surface area contributed by atoms with E-state index in [4.69, 9.17) is 0 Å². The van der Waals surface area contributed by atoms with Crippen LogP contribution >= 0.6 is 0 Å². The number of hydrogen-bond acceptors (Lipinski definition) is 5. The zero-order valence-corrected chi connectivity index (χ0v) is 14.1. The molecule has 0 atom stereocenters. The lowest BCUT2D eigenvalue weighted by molar-refractivity contribution is -0.141. The number of benzene rings is 1. The SMILES string of the molecule is CCn1ncc(C=NNc2nc(-c3ccccc3)cc(C(F)(F)F)n2)c1F. The third kappa shape index (κ3) is 4.27. The number of anilines is 1. The first kappa shape index (κ1) is 18.5. The predicted molar refractivity (Wildman–Crippen MR) is 91.5 cm³/mol. The van der Waals surface area contributed by atoms with Gasteiger partial charge in [0.2, 0.25) is 11.9 Å². The van der Waals surface area contributed by atoms with E-state index in [1.807, 2.05) is 0 Å². The van der Waals surface area contributed by atoms with Crippen molar-refractivity contribution >= 4 is 12.2 Å². The number of rotatable bonds is 5. The van der Waals surface area contributed by atoms with Crippen LogP contribution in [0.2, 0.25) is 0 Å². The summed E-state index contributed by atoms with van der Waals surface area (Å²) in [4.78, 5) is 7.47. The Morgan fingerprint density at radius 3 is 2.56 bits per heavy atom. The summed E-state index contributed by atoms with van der Waals surface area (Å²) in [5.41, 5.74) is 1.86. The van der Waals surface area contributed by atoms with Gasteiger partial charge in [0.25, 0.3) is 0 Å². The second-order valence-electron chi connectivity index (χ2n) is 5.40. The van der Waals surface area contributed by atoms with Crippen LogP contribution in [-0.4, -0.2) is 26.0 Å². The molecule has 0 saturated heterocycles. The van der Waals surface area contributed by atoms with Crippen LogP contribution in [0.5, 0.6) is 0 Å². The van der Waals surface area contributed by atoms with E-state index in [1.165, 1.54) is 6.20 Å². The summed E-state index contributed by atoms with van der Waals surface area (Å²) in [7, 11) is 0. The molecular formula is C17H14F4N6. The molecule has 0 bridgehead atoms. The van der Waals surface area contributed by atoms with Crippen molar-refractivity contribution in [1.29, 1.82) is 0 Å². The second-order valence-corrected chi connectivity index (χ2v) is 5.40. The summed E-state index contributed by atoms with van der Waals surface area (Å²) in [6, 6.07) is 9.22. The molecule has 3 aromatic rings. The summed E-state index contributed by atoms with van der Waals surface area (Å²) in [6.45, 7) is 2.06. The summed E-state index contributed by atoms with van der Waals surface area (Å²) in [6.07, 6.45) is -2.30. The minimum Gasteiger partial charge on any atom is -0.245 e. The lowest BCUT2D eigenvalue weighted by Crippen LogP contribution is -2.11. The van der Waals surface area contributed by atoms with E-state index in [-0.39, 0.29) is 17.2 Å². The van der Waals surface area contributed by atoms with Crippen LogP contribution in [0.1, 0.15) is 18.2 Å². The first-order valence-corrected chi connectivity index (χ1v) is 7.90. The van der Waals surface area contributed by atoms with Gasteiger partial charge in [-0.25, -0.2) is 20.1 Å². The van der Waals surface area contributed by atoms with Crippen LogP contribution < -0.4 is 5.43 Å². The highest BCUT2D eigenvalue weighted by Gasteiger charge is 2.33. The maximum absolute atomic E-state index is 13.9. The number of aryl methyl sites for hydroxylation is 1. The van der Waals surface area contributed by atoms with E-state index >= 15 is 0 Å². The first-order valence-electron chi connectivity index (χ1n) is 7.90. The quantitative estimate of drug-likeness (QED) is 0.415. The van der Waals surface area contributed by atoms with Gasteiger partial charge in [-0.2, -0.15) is 27.8 Å². The number of nitrogens with one attached hydrogen (secondary N) is 1. The van der Waals surface area contributed by atoms with Gasteiger partial charge >= 0.3 is 6.18 Å². The molecule has 2 aromatic heterocycles. The molecule has 3 rings (SSSR count). The van der Waals surface area contributed by atoms with Crippen LogP contribution in [-0.2, 0) is 12.7 Å². The summed E-state index contributed by atoms with van der Waals surface area (Å²) in [5.74, 6) is -0.957. The van der Waals surface area contributed by atoms with Crippen LogP contribution in [0.15, 0.2) is 47.7 Å². The fourth-order valence-electron chi connectivity index (χ4n) is 2.25. The number of aromatic nitrogens is 4. The Bertz CT molecular complexity index is 950. The third-order valence-corrected chi connectivity index (χ3v) is 3.55. The number of hydrogen-bond donors (Lipinski definition) is 1. The van der Waals surface area contributed by atoms with Crippen molar-refractivity contribution in [3.8, 4) is 11.3 Å². The molecule has 0 amide bonds. The number of alkyl halides is 3. The molecule has 1 N–H and O–H groups in total. The average molecular weight is 378 g/mol. The van der Waals surface area contributed by atoms with E-state index in [9.17, 15) is 17.6 Å². The molecule has 0 radical (unpaired) electrons. The summed E-state index contributed by atoms with van der Waals surface area (Å²) < 4.78 is 54.4. The Labute approximate surface area is 151 Å². The van der Waals surface area contributed by atoms with Crippen LogP contribution in [0.25, 0.3) is 11.3 Å². The van der Waals surface area contributed by atoms with Crippen molar-refractivity contribution in [3.05, 3.63) is 59.8 Å². The van der Waals surface area contributed by atoms with Gasteiger partial charge in [-0.05, 0) is 13.0 Å². The molecule has 0 unspecified atom stereocenters. The Morgan fingerprint density at radius 1 is 1.19 bits per heavy atom. The van der Waals surface area contributed by atoms with E-state index in [0.29, 0.717) is 12.1 Å². The molecule has 0 aliphatic rings. The molecular weight excluding hydrogens is 364 g/mol. The Kier molecular flexibility index (Phi) is 5.15. The monoisotopic (exact) mass is 378 g/mol. The van der Waals surface area contributed by atoms with E-state index < -0.39 is 17.8 Å². The largest absolute Gasteiger partial charge is 0.433 e. The molecule has 0 aliphatic carbocycles. The summed E-state index contributed by atoms with van der Waals surface area (Å²) in [5, 5.41) is 7.52. The van der Waals surface area contributed by atoms with Crippen molar-refractivity contribution < 1.29 is 17.6 Å². The molecule has 140 valence electrons. The maximum atomic E-state index is 13.9. The highest BCUT2D eigenvalue weighted by Crippen LogP contribution is 2.31. The molecule has 1 aromatic carbocycles. The Morgan fingerprint density at radius 2 is 1.93 bits per heavy atom. The average Bonchev–Trinajstić information content (AvgIpc) is 3.01. The van der Waals surface area contributed by atoms with Crippen LogP contribution in [0.3, 0.4) is 0 Å². The molecule has 10 heteroatoms. The Hall–Kier alpha value is -3.30. The normalized spacial score (nSPS) is 11.9. The lowest BCUT2D eigenvalue weighted by Gasteiger charge is -2.10. The topological polar surface area (TPSA) is 68.0 Å². The molecule has 0 saturated carbocycles. The molecule has 6 nitrogen and oxygen atoms in total. The van der Waals surface area contributed by atoms with Gasteiger partial charge in [-0.1, -0.05) is 30.3 Å². The molecule has 2 heterocycles. The minimum atomic E-state index is -4.65. The van der Waals surface area contributed by atoms with Crippen molar-refractivity contribution in [2.75, 3.05) is 5.43 Å². The zero-order valence-electron chi connectivity index (χ0n) is 14.1. The number of halogens is 4. The highest BCUT2D eigenvalue weighted by molar-refractivity contribution is 5.79. The number of hydrazone groups is 1.